The molecule has 0 saturated carbocycles. The number of hydrogen-bond acceptors (Lipinski definition) is 2. The molecule has 0 N–H and O–H groups in total. The zero-order valence-corrected chi connectivity index (χ0v) is 17.4. The average molecular weight is 355 g/mol. The van der Waals surface area contributed by atoms with E-state index in [0.717, 1.165) is 18.7 Å². The van der Waals surface area contributed by atoms with E-state index in [1.165, 1.54) is 0 Å². The lowest BCUT2D eigenvalue weighted by Gasteiger charge is -2.43. The van der Waals surface area contributed by atoms with Gasteiger partial charge in [-0.1, -0.05) is 51.1 Å². The first-order chi connectivity index (χ1) is 10.5. The number of hydrogen-bond donors (Lipinski definition) is 0. The second kappa shape index (κ2) is 6.45. The number of nitrogens with zero attached hydrogens (tertiary/aromatic N) is 2. The predicted molar refractivity (Wildman–Crippen MR) is 100 cm³/mol. The van der Waals surface area contributed by atoms with Gasteiger partial charge in [0.25, 0.3) is 0 Å². The van der Waals surface area contributed by atoms with E-state index in [0.29, 0.717) is 0 Å². The van der Waals surface area contributed by atoms with Gasteiger partial charge in [-0.25, -0.2) is 9.34 Å². The molecule has 0 aliphatic carbocycles. The quantitative estimate of drug-likeness (QED) is 0.575. The first-order valence-corrected chi connectivity index (χ1v) is 12.8. The molecule has 0 aromatic heterocycles. The van der Waals surface area contributed by atoms with Gasteiger partial charge in [-0.3, -0.25) is 4.57 Å². The van der Waals surface area contributed by atoms with E-state index in [1.807, 2.05) is 53.8 Å². The molecule has 0 amide bonds. The molecule has 1 aromatic carbocycles. The van der Waals surface area contributed by atoms with Crippen LogP contribution < -0.4 is 0 Å². The molecule has 1 unspecified atom stereocenters. The Morgan fingerprint density at radius 1 is 1.09 bits per heavy atom. The van der Waals surface area contributed by atoms with Crippen molar-refractivity contribution in [1.29, 1.82) is 0 Å². The van der Waals surface area contributed by atoms with E-state index in [4.69, 9.17) is 4.43 Å². The fourth-order valence-electron chi connectivity index (χ4n) is 2.60. The van der Waals surface area contributed by atoms with Crippen LogP contribution in [0, 0.1) is 0 Å². The molecule has 4 nitrogen and oxygen atoms in total. The summed E-state index contributed by atoms with van der Waals surface area (Å²) in [6.45, 7) is 12.8. The Balaban J connectivity index is 2.48. The van der Waals surface area contributed by atoms with Crippen molar-refractivity contribution in [3.8, 4) is 0 Å². The van der Waals surface area contributed by atoms with Crippen LogP contribution in [0.1, 0.15) is 32.2 Å². The first kappa shape index (κ1) is 18.9. The summed E-state index contributed by atoms with van der Waals surface area (Å²) >= 11 is 0. The molecule has 1 fully saturated rings. The van der Waals surface area contributed by atoms with Crippen LogP contribution in [0.2, 0.25) is 18.1 Å². The summed E-state index contributed by atoms with van der Waals surface area (Å²) < 4.78 is 24.6. The summed E-state index contributed by atoms with van der Waals surface area (Å²) in [6, 6.07) is 10.1. The van der Waals surface area contributed by atoms with Crippen LogP contribution in [-0.2, 0) is 8.99 Å². The maximum atomic E-state index is 13.9. The van der Waals surface area contributed by atoms with Crippen molar-refractivity contribution < 1.29 is 8.99 Å². The van der Waals surface area contributed by atoms with E-state index in [9.17, 15) is 4.57 Å². The minimum atomic E-state index is -2.77. The van der Waals surface area contributed by atoms with Crippen molar-refractivity contribution in [2.45, 2.75) is 44.7 Å². The summed E-state index contributed by atoms with van der Waals surface area (Å²) in [7, 11) is -0.914. The summed E-state index contributed by atoms with van der Waals surface area (Å²) in [5.41, 5.74) is 1.02. The highest BCUT2D eigenvalue weighted by molar-refractivity contribution is 7.59. The van der Waals surface area contributed by atoms with Crippen LogP contribution in [-0.4, -0.2) is 44.8 Å². The van der Waals surface area contributed by atoms with Crippen LogP contribution in [0.5, 0.6) is 0 Å². The maximum absolute atomic E-state index is 13.9. The highest BCUT2D eigenvalue weighted by atomic mass is 31.2. The minimum absolute atomic E-state index is 0.0794. The zero-order chi connectivity index (χ0) is 17.5. The molecule has 130 valence electrons. The molecule has 6 heteroatoms. The smallest absolute Gasteiger partial charge is 0.247 e. The Morgan fingerprint density at radius 2 is 1.57 bits per heavy atom. The molecule has 1 aromatic rings. The average Bonchev–Trinajstić information content (AvgIpc) is 2.73. The summed E-state index contributed by atoms with van der Waals surface area (Å²) in [4.78, 5) is 0. The van der Waals surface area contributed by atoms with Gasteiger partial charge in [-0.15, -0.1) is 0 Å². The van der Waals surface area contributed by atoms with Gasteiger partial charge < -0.3 is 4.43 Å². The Morgan fingerprint density at radius 3 is 2.00 bits per heavy atom. The van der Waals surface area contributed by atoms with Crippen LogP contribution in [0.4, 0.5) is 0 Å². The molecule has 1 saturated heterocycles. The highest BCUT2D eigenvalue weighted by Crippen LogP contribution is 2.67. The molecule has 1 heterocycles. The zero-order valence-electron chi connectivity index (χ0n) is 15.5. The Kier molecular flexibility index (Phi) is 5.30. The van der Waals surface area contributed by atoms with E-state index in [1.54, 1.807) is 0 Å². The van der Waals surface area contributed by atoms with Crippen molar-refractivity contribution >= 4 is 15.8 Å². The predicted octanol–water partition coefficient (Wildman–Crippen LogP) is 4.78. The maximum Gasteiger partial charge on any atom is 0.247 e. The lowest BCUT2D eigenvalue weighted by Crippen LogP contribution is -2.42. The SMILES string of the molecule is CN1CCN(C)P1(=O)C(O[Si](C)(C)C(C)(C)C)c1ccccc1. The van der Waals surface area contributed by atoms with Crippen LogP contribution in [0.15, 0.2) is 30.3 Å². The second-order valence-electron chi connectivity index (χ2n) is 7.99. The minimum Gasteiger partial charge on any atom is -0.401 e. The number of rotatable bonds is 4. The van der Waals surface area contributed by atoms with Gasteiger partial charge in [-0.05, 0) is 37.8 Å². The molecule has 0 spiro atoms. The third-order valence-corrected chi connectivity index (χ3v) is 13.3. The fourth-order valence-corrected chi connectivity index (χ4v) is 7.54. The highest BCUT2D eigenvalue weighted by Gasteiger charge is 2.50. The van der Waals surface area contributed by atoms with Gasteiger partial charge in [0.2, 0.25) is 7.44 Å². The molecule has 0 bridgehead atoms. The molecule has 1 aliphatic rings. The molecule has 2 rings (SSSR count). The van der Waals surface area contributed by atoms with Crippen molar-refractivity contribution in [3.05, 3.63) is 35.9 Å². The Hall–Kier alpha value is -0.453. The van der Waals surface area contributed by atoms with E-state index < -0.39 is 15.8 Å². The lowest BCUT2D eigenvalue weighted by atomic mass is 10.2. The molecule has 1 aliphatic heterocycles. The van der Waals surface area contributed by atoms with E-state index in [2.05, 4.69) is 33.9 Å². The van der Waals surface area contributed by atoms with Gasteiger partial charge in [-0.2, -0.15) is 0 Å². The van der Waals surface area contributed by atoms with E-state index >= 15 is 0 Å². The molecule has 1 atom stereocenters. The van der Waals surface area contributed by atoms with Crippen molar-refractivity contribution in [1.82, 2.24) is 9.34 Å². The molecular weight excluding hydrogens is 323 g/mol. The monoisotopic (exact) mass is 354 g/mol. The van der Waals surface area contributed by atoms with Crippen LogP contribution in [0.25, 0.3) is 0 Å². The third kappa shape index (κ3) is 3.49. The van der Waals surface area contributed by atoms with Crippen LogP contribution in [0.3, 0.4) is 0 Å². The third-order valence-electron chi connectivity index (χ3n) is 5.33. The molecule has 0 radical (unpaired) electrons. The fraction of sp³-hybridized carbons (Fsp3) is 0.647. The van der Waals surface area contributed by atoms with Gasteiger partial charge in [0.1, 0.15) is 0 Å². The Bertz CT molecular complexity index is 572. The largest absolute Gasteiger partial charge is 0.401 e. The van der Waals surface area contributed by atoms with Crippen LogP contribution >= 0.6 is 7.44 Å². The van der Waals surface area contributed by atoms with E-state index in [-0.39, 0.29) is 10.9 Å². The van der Waals surface area contributed by atoms with Gasteiger partial charge in [0.15, 0.2) is 14.2 Å². The second-order valence-corrected chi connectivity index (χ2v) is 15.8. The number of benzene rings is 1. The standard InChI is InChI=1S/C17H31N2O2PSi/c1-17(2,3)23(6,7)21-16(15-11-9-8-10-12-15)22(20)18(4)13-14-19(22)5/h8-12,16H,13-14H2,1-7H3. The summed E-state index contributed by atoms with van der Waals surface area (Å²) in [6.07, 6.45) is 0. The number of likely N-dealkylation sites (N-methyl/N-ethyl adjacent to an activating group) is 2. The van der Waals surface area contributed by atoms with Gasteiger partial charge >= 0.3 is 0 Å². The first-order valence-electron chi connectivity index (χ1n) is 8.26. The summed E-state index contributed by atoms with van der Waals surface area (Å²) in [5, 5.41) is 0.0794. The van der Waals surface area contributed by atoms with Gasteiger partial charge in [0, 0.05) is 13.1 Å². The molecule has 23 heavy (non-hydrogen) atoms. The normalized spacial score (nSPS) is 21.5. The van der Waals surface area contributed by atoms with Crippen molar-refractivity contribution in [3.63, 3.8) is 0 Å². The Labute approximate surface area is 142 Å². The molecular formula is C17H31N2O2PSi. The van der Waals surface area contributed by atoms with Crippen molar-refractivity contribution in [2.75, 3.05) is 27.2 Å². The summed E-state index contributed by atoms with van der Waals surface area (Å²) in [5.74, 6) is -0.387. The van der Waals surface area contributed by atoms with Crippen molar-refractivity contribution in [2.24, 2.45) is 0 Å². The van der Waals surface area contributed by atoms with Gasteiger partial charge in [0.05, 0.1) is 0 Å². The lowest BCUT2D eigenvalue weighted by molar-refractivity contribution is 0.235. The topological polar surface area (TPSA) is 32.8 Å².